The molecule has 0 atom stereocenters. The number of benzene rings is 2. The minimum absolute atomic E-state index is 0.107. The Morgan fingerprint density at radius 3 is 2.54 bits per heavy atom. The second-order valence-corrected chi connectivity index (χ2v) is 6.65. The summed E-state index contributed by atoms with van der Waals surface area (Å²) in [5.41, 5.74) is 4.56. The van der Waals surface area contributed by atoms with Crippen molar-refractivity contribution in [3.8, 4) is 11.3 Å². The number of aryl methyl sites for hydroxylation is 1. The monoisotopic (exact) mass is 363 g/mol. The summed E-state index contributed by atoms with van der Waals surface area (Å²) >= 11 is 1.56. The number of nitrogens with zero attached hydrogens (tertiary/aromatic N) is 1. The number of carbonyl (C=O) groups is 1. The van der Waals surface area contributed by atoms with Crippen molar-refractivity contribution >= 4 is 28.1 Å². The fraction of sp³-hybridized carbons (Fsp3) is 0.143. The topological polar surface area (TPSA) is 54.0 Å². The normalized spacial score (nSPS) is 10.3. The number of amides is 1. The van der Waals surface area contributed by atoms with Gasteiger partial charge < -0.3 is 10.6 Å². The van der Waals surface area contributed by atoms with Crippen LogP contribution >= 0.6 is 11.3 Å². The van der Waals surface area contributed by atoms with Gasteiger partial charge in [-0.05, 0) is 36.2 Å². The number of carbonyl (C=O) groups excluding carboxylic acids is 1. The van der Waals surface area contributed by atoms with Crippen LogP contribution in [0.4, 0.5) is 10.8 Å². The van der Waals surface area contributed by atoms with Crippen LogP contribution in [0, 0.1) is 0 Å². The highest BCUT2D eigenvalue weighted by atomic mass is 32.1. The summed E-state index contributed by atoms with van der Waals surface area (Å²) in [5.74, 6) is -0.107. The highest BCUT2D eigenvalue weighted by Gasteiger charge is 2.07. The van der Waals surface area contributed by atoms with Crippen molar-refractivity contribution < 1.29 is 4.79 Å². The molecule has 26 heavy (non-hydrogen) atoms. The van der Waals surface area contributed by atoms with E-state index in [1.807, 2.05) is 53.9 Å². The molecule has 0 aliphatic carbocycles. The fourth-order valence-corrected chi connectivity index (χ4v) is 3.20. The Morgan fingerprint density at radius 2 is 1.88 bits per heavy atom. The first-order valence-corrected chi connectivity index (χ1v) is 9.38. The molecule has 0 aliphatic rings. The first-order chi connectivity index (χ1) is 12.7. The Bertz CT molecular complexity index is 882. The largest absolute Gasteiger partial charge is 0.358 e. The van der Waals surface area contributed by atoms with Crippen molar-refractivity contribution in [3.63, 3.8) is 0 Å². The number of hydrogen-bond acceptors (Lipinski definition) is 4. The Balaban J connectivity index is 1.66. The molecule has 0 saturated carbocycles. The van der Waals surface area contributed by atoms with E-state index in [9.17, 15) is 4.79 Å². The van der Waals surface area contributed by atoms with Crippen molar-refractivity contribution in [2.24, 2.45) is 0 Å². The molecule has 3 aromatic rings. The van der Waals surface area contributed by atoms with Crippen LogP contribution in [0.3, 0.4) is 0 Å². The summed E-state index contributed by atoms with van der Waals surface area (Å²) in [6.45, 7) is 6.47. The summed E-state index contributed by atoms with van der Waals surface area (Å²) in [6.07, 6.45) is 2.76. The number of nitrogens with one attached hydrogen (secondary N) is 2. The summed E-state index contributed by atoms with van der Waals surface area (Å²) in [4.78, 5) is 16.9. The van der Waals surface area contributed by atoms with Gasteiger partial charge in [0.15, 0.2) is 5.13 Å². The highest BCUT2D eigenvalue weighted by Crippen LogP contribution is 2.26. The van der Waals surface area contributed by atoms with E-state index in [0.29, 0.717) is 12.1 Å². The van der Waals surface area contributed by atoms with Gasteiger partial charge in [0.25, 0.3) is 5.91 Å². The zero-order valence-corrected chi connectivity index (χ0v) is 15.5. The zero-order valence-electron chi connectivity index (χ0n) is 14.7. The number of anilines is 2. The van der Waals surface area contributed by atoms with Gasteiger partial charge in [-0.2, -0.15) is 0 Å². The molecule has 3 rings (SSSR count). The quantitative estimate of drug-likeness (QED) is 0.566. The molecule has 0 aliphatic heterocycles. The van der Waals surface area contributed by atoms with Gasteiger partial charge in [0.1, 0.15) is 0 Å². The maximum Gasteiger partial charge on any atom is 0.255 e. The molecule has 0 fully saturated rings. The van der Waals surface area contributed by atoms with Gasteiger partial charge in [-0.25, -0.2) is 4.98 Å². The number of rotatable bonds is 7. The van der Waals surface area contributed by atoms with Gasteiger partial charge in [0.2, 0.25) is 0 Å². The number of thiazole rings is 1. The van der Waals surface area contributed by atoms with Crippen LogP contribution in [0.5, 0.6) is 0 Å². The number of hydrogen-bond donors (Lipinski definition) is 2. The highest BCUT2D eigenvalue weighted by molar-refractivity contribution is 7.14. The lowest BCUT2D eigenvalue weighted by Gasteiger charge is -2.07. The summed E-state index contributed by atoms with van der Waals surface area (Å²) in [7, 11) is 0. The SMILES string of the molecule is C=CCNc1nc(-c2ccc(NC(=O)c3ccc(CC)cc3)cc2)cs1. The summed E-state index contributed by atoms with van der Waals surface area (Å²) < 4.78 is 0. The molecule has 1 amide bonds. The van der Waals surface area contributed by atoms with Crippen molar-refractivity contribution in [2.75, 3.05) is 17.2 Å². The molecule has 1 heterocycles. The maximum absolute atomic E-state index is 12.3. The smallest absolute Gasteiger partial charge is 0.255 e. The predicted molar refractivity (Wildman–Crippen MR) is 110 cm³/mol. The lowest BCUT2D eigenvalue weighted by molar-refractivity contribution is 0.102. The molecule has 2 aromatic carbocycles. The minimum atomic E-state index is -0.107. The van der Waals surface area contributed by atoms with Crippen LogP contribution in [0.15, 0.2) is 66.6 Å². The van der Waals surface area contributed by atoms with Crippen LogP contribution in [0.25, 0.3) is 11.3 Å². The van der Waals surface area contributed by atoms with E-state index >= 15 is 0 Å². The molecular weight excluding hydrogens is 342 g/mol. The van der Waals surface area contributed by atoms with E-state index in [1.165, 1.54) is 5.56 Å². The minimum Gasteiger partial charge on any atom is -0.358 e. The Labute approximate surface area is 157 Å². The molecule has 4 nitrogen and oxygen atoms in total. The van der Waals surface area contributed by atoms with Crippen molar-refractivity contribution in [2.45, 2.75) is 13.3 Å². The van der Waals surface area contributed by atoms with E-state index in [0.717, 1.165) is 28.5 Å². The molecule has 0 spiro atoms. The Morgan fingerprint density at radius 1 is 1.15 bits per heavy atom. The average Bonchev–Trinajstić information content (AvgIpc) is 3.16. The predicted octanol–water partition coefficient (Wildman–Crippen LogP) is 5.22. The van der Waals surface area contributed by atoms with E-state index in [1.54, 1.807) is 17.4 Å². The van der Waals surface area contributed by atoms with Gasteiger partial charge in [0.05, 0.1) is 5.69 Å². The third-order valence-electron chi connectivity index (χ3n) is 3.96. The third-order valence-corrected chi connectivity index (χ3v) is 4.76. The van der Waals surface area contributed by atoms with Gasteiger partial charge in [-0.1, -0.05) is 37.3 Å². The van der Waals surface area contributed by atoms with Crippen molar-refractivity contribution in [3.05, 3.63) is 77.7 Å². The van der Waals surface area contributed by atoms with E-state index < -0.39 is 0 Å². The van der Waals surface area contributed by atoms with Gasteiger partial charge >= 0.3 is 0 Å². The van der Waals surface area contributed by atoms with Crippen molar-refractivity contribution in [1.82, 2.24) is 4.98 Å². The molecule has 0 radical (unpaired) electrons. The molecular formula is C21H21N3OS. The first-order valence-electron chi connectivity index (χ1n) is 8.50. The summed E-state index contributed by atoms with van der Waals surface area (Å²) in [5, 5.41) is 8.98. The third kappa shape index (κ3) is 4.37. The molecule has 5 heteroatoms. The zero-order chi connectivity index (χ0) is 18.4. The second-order valence-electron chi connectivity index (χ2n) is 5.79. The van der Waals surface area contributed by atoms with E-state index in [2.05, 4.69) is 29.1 Å². The first kappa shape index (κ1) is 17.9. The number of aromatic nitrogens is 1. The van der Waals surface area contributed by atoms with Crippen LogP contribution in [0.2, 0.25) is 0 Å². The van der Waals surface area contributed by atoms with Crippen LogP contribution in [0.1, 0.15) is 22.8 Å². The lowest BCUT2D eigenvalue weighted by atomic mass is 10.1. The molecule has 0 unspecified atom stereocenters. The van der Waals surface area contributed by atoms with Crippen LogP contribution < -0.4 is 10.6 Å². The second kappa shape index (κ2) is 8.45. The van der Waals surface area contributed by atoms with Crippen molar-refractivity contribution in [1.29, 1.82) is 0 Å². The standard InChI is InChI=1S/C21H21N3OS/c1-3-13-22-21-24-19(14-26-21)16-9-11-18(12-10-16)23-20(25)17-7-5-15(4-2)6-8-17/h3,5-12,14H,1,4,13H2,2H3,(H,22,24)(H,23,25). The average molecular weight is 363 g/mol. The molecule has 0 bridgehead atoms. The lowest BCUT2D eigenvalue weighted by Crippen LogP contribution is -2.11. The molecule has 132 valence electrons. The van der Waals surface area contributed by atoms with Gasteiger partial charge in [-0.3, -0.25) is 4.79 Å². The Hall–Kier alpha value is -2.92. The van der Waals surface area contributed by atoms with Gasteiger partial charge in [0, 0.05) is 28.7 Å². The Kier molecular flexibility index (Phi) is 5.81. The molecule has 0 saturated heterocycles. The van der Waals surface area contributed by atoms with Crippen LogP contribution in [-0.2, 0) is 6.42 Å². The fourth-order valence-electron chi connectivity index (χ4n) is 2.47. The van der Waals surface area contributed by atoms with Crippen LogP contribution in [-0.4, -0.2) is 17.4 Å². The van der Waals surface area contributed by atoms with E-state index in [4.69, 9.17) is 0 Å². The molecule has 1 aromatic heterocycles. The van der Waals surface area contributed by atoms with E-state index in [-0.39, 0.29) is 5.91 Å². The maximum atomic E-state index is 12.3. The molecule has 2 N–H and O–H groups in total. The summed E-state index contributed by atoms with van der Waals surface area (Å²) in [6, 6.07) is 15.4. The van der Waals surface area contributed by atoms with Gasteiger partial charge in [-0.15, -0.1) is 17.9 Å².